The standard InChI is InChI=1S/C15H15ClN4OS/c1-9(2)7-13(21)17-14-18-15-20(19-14)12(8-22-15)10-3-5-11(16)6-4-10/h3-6,8-9H,7H2,1-2H3,(H,17,19,21). The van der Waals surface area contributed by atoms with E-state index in [9.17, 15) is 4.79 Å². The van der Waals surface area contributed by atoms with Crippen LogP contribution in [-0.2, 0) is 4.79 Å². The number of aromatic nitrogens is 3. The van der Waals surface area contributed by atoms with Crippen LogP contribution < -0.4 is 5.32 Å². The maximum atomic E-state index is 11.8. The first-order valence-corrected chi connectivity index (χ1v) is 8.19. The lowest BCUT2D eigenvalue weighted by atomic mass is 10.1. The minimum Gasteiger partial charge on any atom is -0.293 e. The van der Waals surface area contributed by atoms with Gasteiger partial charge in [-0.15, -0.1) is 16.4 Å². The van der Waals surface area contributed by atoms with Crippen LogP contribution in [0.25, 0.3) is 16.2 Å². The topological polar surface area (TPSA) is 59.3 Å². The highest BCUT2D eigenvalue weighted by Crippen LogP contribution is 2.26. The molecule has 0 saturated heterocycles. The Morgan fingerprint density at radius 2 is 2.09 bits per heavy atom. The third-order valence-electron chi connectivity index (χ3n) is 3.07. The largest absolute Gasteiger partial charge is 0.293 e. The predicted molar refractivity (Wildman–Crippen MR) is 89.4 cm³/mol. The lowest BCUT2D eigenvalue weighted by Gasteiger charge is -2.03. The molecule has 1 amide bonds. The molecule has 2 heterocycles. The van der Waals surface area contributed by atoms with Crippen molar-refractivity contribution in [2.75, 3.05) is 5.32 Å². The van der Waals surface area contributed by atoms with Gasteiger partial charge in [-0.25, -0.2) is 4.52 Å². The highest BCUT2D eigenvalue weighted by Gasteiger charge is 2.13. The zero-order valence-electron chi connectivity index (χ0n) is 12.2. The van der Waals surface area contributed by atoms with Gasteiger partial charge in [0, 0.05) is 22.4 Å². The summed E-state index contributed by atoms with van der Waals surface area (Å²) in [6, 6.07) is 7.54. The Hall–Kier alpha value is -1.92. The zero-order valence-corrected chi connectivity index (χ0v) is 13.8. The summed E-state index contributed by atoms with van der Waals surface area (Å²) >= 11 is 7.39. The van der Waals surface area contributed by atoms with Crippen molar-refractivity contribution >= 4 is 39.8 Å². The molecule has 2 aromatic heterocycles. The number of hydrogen-bond donors (Lipinski definition) is 1. The van der Waals surface area contributed by atoms with Gasteiger partial charge in [0.2, 0.25) is 16.8 Å². The number of hydrogen-bond acceptors (Lipinski definition) is 4. The van der Waals surface area contributed by atoms with Gasteiger partial charge in [-0.05, 0) is 18.1 Å². The summed E-state index contributed by atoms with van der Waals surface area (Å²) in [6.45, 7) is 3.99. The van der Waals surface area contributed by atoms with Crippen molar-refractivity contribution in [1.29, 1.82) is 0 Å². The summed E-state index contributed by atoms with van der Waals surface area (Å²) in [5, 5.41) is 9.78. The Balaban J connectivity index is 1.88. The second kappa shape index (κ2) is 6.06. The summed E-state index contributed by atoms with van der Waals surface area (Å²) in [5.41, 5.74) is 1.93. The number of rotatable bonds is 4. The van der Waals surface area contributed by atoms with Gasteiger partial charge in [-0.2, -0.15) is 4.98 Å². The van der Waals surface area contributed by atoms with Gasteiger partial charge < -0.3 is 0 Å². The molecule has 0 unspecified atom stereocenters. The molecular weight excluding hydrogens is 320 g/mol. The van der Waals surface area contributed by atoms with E-state index in [1.807, 2.05) is 43.5 Å². The number of nitrogens with zero attached hydrogens (tertiary/aromatic N) is 3. The summed E-state index contributed by atoms with van der Waals surface area (Å²) in [5.74, 6) is 0.572. The number of anilines is 1. The van der Waals surface area contributed by atoms with Crippen LogP contribution in [0.2, 0.25) is 5.02 Å². The Kier molecular flexibility index (Phi) is 4.13. The molecule has 0 bridgehead atoms. The van der Waals surface area contributed by atoms with E-state index in [4.69, 9.17) is 11.6 Å². The summed E-state index contributed by atoms with van der Waals surface area (Å²) in [4.78, 5) is 16.9. The van der Waals surface area contributed by atoms with E-state index < -0.39 is 0 Å². The molecule has 1 N–H and O–H groups in total. The second-order valence-electron chi connectivity index (χ2n) is 5.40. The van der Waals surface area contributed by atoms with Crippen molar-refractivity contribution in [3.8, 4) is 11.3 Å². The predicted octanol–water partition coefficient (Wildman–Crippen LogP) is 4.10. The zero-order chi connectivity index (χ0) is 15.7. The fraction of sp³-hybridized carbons (Fsp3) is 0.267. The van der Waals surface area contributed by atoms with Crippen LogP contribution in [0.15, 0.2) is 29.6 Å². The normalized spacial score (nSPS) is 11.3. The monoisotopic (exact) mass is 334 g/mol. The molecule has 0 fully saturated rings. The molecule has 3 rings (SSSR count). The van der Waals surface area contributed by atoms with Gasteiger partial charge in [0.15, 0.2) is 0 Å². The maximum absolute atomic E-state index is 11.8. The Morgan fingerprint density at radius 3 is 2.77 bits per heavy atom. The minimum atomic E-state index is -0.0682. The number of nitrogens with one attached hydrogen (secondary N) is 1. The van der Waals surface area contributed by atoms with Crippen molar-refractivity contribution in [3.05, 3.63) is 34.7 Å². The molecule has 0 spiro atoms. The molecule has 0 atom stereocenters. The second-order valence-corrected chi connectivity index (χ2v) is 6.68. The van der Waals surface area contributed by atoms with Crippen molar-refractivity contribution < 1.29 is 4.79 Å². The lowest BCUT2D eigenvalue weighted by Crippen LogP contribution is -2.14. The third-order valence-corrected chi connectivity index (χ3v) is 4.13. The maximum Gasteiger partial charge on any atom is 0.250 e. The molecule has 22 heavy (non-hydrogen) atoms. The number of fused-ring (bicyclic) bond motifs is 1. The first kappa shape index (κ1) is 15.0. The van der Waals surface area contributed by atoms with E-state index in [0.29, 0.717) is 23.3 Å². The smallest absolute Gasteiger partial charge is 0.250 e. The Labute approximate surface area is 136 Å². The van der Waals surface area contributed by atoms with Crippen LogP contribution in [0.3, 0.4) is 0 Å². The molecular formula is C15H15ClN4OS. The number of amides is 1. The summed E-state index contributed by atoms with van der Waals surface area (Å²) < 4.78 is 1.74. The fourth-order valence-electron chi connectivity index (χ4n) is 2.10. The van der Waals surface area contributed by atoms with E-state index in [1.165, 1.54) is 11.3 Å². The number of carbonyl (C=O) groups excluding carboxylic acids is 1. The highest BCUT2D eigenvalue weighted by molar-refractivity contribution is 7.15. The van der Waals surface area contributed by atoms with Crippen molar-refractivity contribution in [1.82, 2.24) is 14.6 Å². The Bertz CT molecular complexity index is 807. The average Bonchev–Trinajstić information content (AvgIpc) is 2.98. The fourth-order valence-corrected chi connectivity index (χ4v) is 3.06. The van der Waals surface area contributed by atoms with Crippen LogP contribution in [0.5, 0.6) is 0 Å². The molecule has 1 aromatic carbocycles. The van der Waals surface area contributed by atoms with E-state index in [2.05, 4.69) is 15.4 Å². The van der Waals surface area contributed by atoms with Gasteiger partial charge in [-0.3, -0.25) is 10.1 Å². The minimum absolute atomic E-state index is 0.0682. The van der Waals surface area contributed by atoms with Gasteiger partial charge >= 0.3 is 0 Å². The summed E-state index contributed by atoms with van der Waals surface area (Å²) in [6.07, 6.45) is 0.455. The van der Waals surface area contributed by atoms with E-state index in [0.717, 1.165) is 16.2 Å². The van der Waals surface area contributed by atoms with E-state index in [1.54, 1.807) is 4.52 Å². The summed E-state index contributed by atoms with van der Waals surface area (Å²) in [7, 11) is 0. The van der Waals surface area contributed by atoms with Gasteiger partial charge in [0.1, 0.15) is 0 Å². The number of benzene rings is 1. The lowest BCUT2D eigenvalue weighted by molar-refractivity contribution is -0.116. The van der Waals surface area contributed by atoms with Crippen LogP contribution in [0.1, 0.15) is 20.3 Å². The molecule has 0 aliphatic rings. The van der Waals surface area contributed by atoms with Crippen molar-refractivity contribution in [2.24, 2.45) is 5.92 Å². The van der Waals surface area contributed by atoms with Crippen LogP contribution in [0.4, 0.5) is 5.95 Å². The van der Waals surface area contributed by atoms with Gasteiger partial charge in [0.05, 0.1) is 5.69 Å². The highest BCUT2D eigenvalue weighted by atomic mass is 35.5. The molecule has 7 heteroatoms. The molecule has 5 nitrogen and oxygen atoms in total. The van der Waals surface area contributed by atoms with E-state index >= 15 is 0 Å². The molecule has 0 aliphatic carbocycles. The molecule has 0 radical (unpaired) electrons. The van der Waals surface area contributed by atoms with E-state index in [-0.39, 0.29) is 5.91 Å². The van der Waals surface area contributed by atoms with Crippen molar-refractivity contribution in [3.63, 3.8) is 0 Å². The molecule has 0 saturated carbocycles. The third kappa shape index (κ3) is 3.13. The van der Waals surface area contributed by atoms with Gasteiger partial charge in [-0.1, -0.05) is 37.6 Å². The molecule has 0 aliphatic heterocycles. The van der Waals surface area contributed by atoms with Crippen LogP contribution in [0, 0.1) is 5.92 Å². The first-order chi connectivity index (χ1) is 10.5. The first-order valence-electron chi connectivity index (χ1n) is 6.93. The Morgan fingerprint density at radius 1 is 1.36 bits per heavy atom. The SMILES string of the molecule is CC(C)CC(=O)Nc1nc2scc(-c3ccc(Cl)cc3)n2n1. The van der Waals surface area contributed by atoms with Crippen molar-refractivity contribution in [2.45, 2.75) is 20.3 Å². The van der Waals surface area contributed by atoms with Crippen LogP contribution >= 0.6 is 22.9 Å². The average molecular weight is 335 g/mol. The molecule has 114 valence electrons. The number of halogens is 1. The quantitative estimate of drug-likeness (QED) is 0.781. The number of thiazole rings is 1. The molecule has 3 aromatic rings. The van der Waals surface area contributed by atoms with Crippen LogP contribution in [-0.4, -0.2) is 20.5 Å². The van der Waals surface area contributed by atoms with Gasteiger partial charge in [0.25, 0.3) is 0 Å². The number of carbonyl (C=O) groups is 1.